The number of urea groups is 2. The Bertz CT molecular complexity index is 360. The number of amides is 4. The summed E-state index contributed by atoms with van der Waals surface area (Å²) in [5.41, 5.74) is -0.494. The quantitative estimate of drug-likeness (QED) is 0.632. The van der Waals surface area contributed by atoms with E-state index in [-0.39, 0.29) is 35.2 Å². The summed E-state index contributed by atoms with van der Waals surface area (Å²) in [6.45, 7) is 11.7. The molecule has 0 heterocycles. The van der Waals surface area contributed by atoms with E-state index in [4.69, 9.17) is 0 Å². The lowest BCUT2D eigenvalue weighted by Gasteiger charge is -2.32. The van der Waals surface area contributed by atoms with Crippen molar-refractivity contribution in [3.05, 3.63) is 0 Å². The normalized spacial score (nSPS) is 22.6. The first-order valence-electron chi connectivity index (χ1n) is 8.12. The predicted molar refractivity (Wildman–Crippen MR) is 88.9 cm³/mol. The topological polar surface area (TPSA) is 82.3 Å². The van der Waals surface area contributed by atoms with Crippen LogP contribution in [0.1, 0.15) is 67.2 Å². The fraction of sp³-hybridized carbons (Fsp3) is 0.875. The summed E-state index contributed by atoms with van der Waals surface area (Å²) in [4.78, 5) is 23.8. The van der Waals surface area contributed by atoms with Crippen molar-refractivity contribution >= 4 is 12.1 Å². The molecule has 0 unspecified atom stereocenters. The van der Waals surface area contributed by atoms with E-state index in [2.05, 4.69) is 21.3 Å². The molecule has 1 rings (SSSR count). The van der Waals surface area contributed by atoms with Gasteiger partial charge in [0.2, 0.25) is 0 Å². The van der Waals surface area contributed by atoms with Crippen molar-refractivity contribution in [3.8, 4) is 0 Å². The number of rotatable bonds is 2. The van der Waals surface area contributed by atoms with Crippen LogP contribution < -0.4 is 21.3 Å². The average Bonchev–Trinajstić information content (AvgIpc) is 2.22. The van der Waals surface area contributed by atoms with E-state index < -0.39 is 0 Å². The van der Waals surface area contributed by atoms with Crippen LogP contribution in [0.5, 0.6) is 0 Å². The maximum atomic E-state index is 11.9. The fourth-order valence-corrected chi connectivity index (χ4v) is 2.58. The first-order valence-corrected chi connectivity index (χ1v) is 8.12. The smallest absolute Gasteiger partial charge is 0.315 e. The number of hydrogen-bond acceptors (Lipinski definition) is 2. The Labute approximate surface area is 134 Å². The van der Waals surface area contributed by atoms with Gasteiger partial charge in [0.05, 0.1) is 0 Å². The number of carbonyl (C=O) groups is 2. The summed E-state index contributed by atoms with van der Waals surface area (Å²) >= 11 is 0. The summed E-state index contributed by atoms with van der Waals surface area (Å²) in [6.07, 6.45) is 3.68. The molecule has 6 nitrogen and oxygen atoms in total. The molecule has 0 spiro atoms. The average molecular weight is 312 g/mol. The second kappa shape index (κ2) is 7.20. The van der Waals surface area contributed by atoms with E-state index in [1.807, 2.05) is 41.5 Å². The van der Waals surface area contributed by atoms with E-state index in [1.165, 1.54) is 0 Å². The Morgan fingerprint density at radius 3 is 1.45 bits per heavy atom. The molecule has 0 aliphatic heterocycles. The highest BCUT2D eigenvalue weighted by molar-refractivity contribution is 5.75. The van der Waals surface area contributed by atoms with Crippen molar-refractivity contribution in [2.24, 2.45) is 0 Å². The minimum absolute atomic E-state index is 0.107. The lowest BCUT2D eigenvalue weighted by atomic mass is 9.91. The summed E-state index contributed by atoms with van der Waals surface area (Å²) in [6, 6.07) is -0.0679. The van der Waals surface area contributed by atoms with Gasteiger partial charge in [-0.15, -0.1) is 0 Å². The van der Waals surface area contributed by atoms with E-state index in [0.717, 1.165) is 25.7 Å². The van der Waals surface area contributed by atoms with Crippen molar-refractivity contribution < 1.29 is 9.59 Å². The van der Waals surface area contributed by atoms with Crippen LogP contribution in [-0.4, -0.2) is 35.2 Å². The maximum absolute atomic E-state index is 11.9. The molecule has 0 bridgehead atoms. The second-order valence-electron chi connectivity index (χ2n) is 8.26. The van der Waals surface area contributed by atoms with Gasteiger partial charge in [0, 0.05) is 23.2 Å². The molecular formula is C16H32N4O2. The molecule has 1 saturated carbocycles. The van der Waals surface area contributed by atoms with Gasteiger partial charge in [0.15, 0.2) is 0 Å². The van der Waals surface area contributed by atoms with Crippen LogP contribution in [0.25, 0.3) is 0 Å². The molecule has 1 aliphatic carbocycles. The third kappa shape index (κ3) is 8.10. The van der Waals surface area contributed by atoms with Crippen molar-refractivity contribution in [2.45, 2.75) is 90.4 Å². The van der Waals surface area contributed by atoms with Crippen molar-refractivity contribution in [1.29, 1.82) is 0 Å². The Balaban J connectivity index is 2.41. The van der Waals surface area contributed by atoms with Crippen LogP contribution in [0.2, 0.25) is 0 Å². The third-order valence-corrected chi connectivity index (χ3v) is 3.32. The summed E-state index contributed by atoms with van der Waals surface area (Å²) < 4.78 is 0. The number of nitrogens with one attached hydrogen (secondary N) is 4. The van der Waals surface area contributed by atoms with E-state index in [1.54, 1.807) is 0 Å². The fourth-order valence-electron chi connectivity index (χ4n) is 2.58. The van der Waals surface area contributed by atoms with Gasteiger partial charge in [-0.1, -0.05) is 0 Å². The van der Waals surface area contributed by atoms with Crippen LogP contribution in [-0.2, 0) is 0 Å². The van der Waals surface area contributed by atoms with Crippen LogP contribution in [0.3, 0.4) is 0 Å². The first-order chi connectivity index (χ1) is 9.94. The second-order valence-corrected chi connectivity index (χ2v) is 8.26. The van der Waals surface area contributed by atoms with Crippen molar-refractivity contribution in [2.75, 3.05) is 0 Å². The van der Waals surface area contributed by atoms with Gasteiger partial charge in [-0.05, 0) is 67.2 Å². The Kier molecular flexibility index (Phi) is 6.08. The molecule has 0 aromatic carbocycles. The van der Waals surface area contributed by atoms with Gasteiger partial charge in [0.1, 0.15) is 0 Å². The largest absolute Gasteiger partial charge is 0.335 e. The Hall–Kier alpha value is -1.46. The summed E-state index contributed by atoms with van der Waals surface area (Å²) in [7, 11) is 0. The zero-order valence-corrected chi connectivity index (χ0v) is 14.8. The molecule has 22 heavy (non-hydrogen) atoms. The first kappa shape index (κ1) is 18.6. The minimum atomic E-state index is -0.247. The number of carbonyl (C=O) groups excluding carboxylic acids is 2. The van der Waals surface area contributed by atoms with Gasteiger partial charge in [-0.25, -0.2) is 9.59 Å². The van der Waals surface area contributed by atoms with E-state index >= 15 is 0 Å². The Morgan fingerprint density at radius 2 is 1.14 bits per heavy atom. The van der Waals surface area contributed by atoms with Crippen LogP contribution >= 0.6 is 0 Å². The minimum Gasteiger partial charge on any atom is -0.335 e. The molecular weight excluding hydrogens is 280 g/mol. The lowest BCUT2D eigenvalue weighted by molar-refractivity contribution is 0.213. The molecule has 128 valence electrons. The van der Waals surface area contributed by atoms with Gasteiger partial charge >= 0.3 is 12.1 Å². The van der Waals surface area contributed by atoms with Crippen LogP contribution in [0.15, 0.2) is 0 Å². The summed E-state index contributed by atoms with van der Waals surface area (Å²) in [5, 5.41) is 11.8. The maximum Gasteiger partial charge on any atom is 0.315 e. The summed E-state index contributed by atoms with van der Waals surface area (Å²) in [5.74, 6) is 0. The highest BCUT2D eigenvalue weighted by atomic mass is 16.2. The third-order valence-electron chi connectivity index (χ3n) is 3.32. The zero-order chi connectivity index (χ0) is 17.0. The predicted octanol–water partition coefficient (Wildman–Crippen LogP) is 2.49. The molecule has 6 heteroatoms. The van der Waals surface area contributed by atoms with Crippen molar-refractivity contribution in [3.63, 3.8) is 0 Å². The number of hydrogen-bond donors (Lipinski definition) is 4. The van der Waals surface area contributed by atoms with E-state index in [9.17, 15) is 9.59 Å². The van der Waals surface area contributed by atoms with Crippen LogP contribution in [0.4, 0.5) is 9.59 Å². The van der Waals surface area contributed by atoms with E-state index in [0.29, 0.717) is 0 Å². The molecule has 0 aromatic heterocycles. The molecule has 0 saturated heterocycles. The SMILES string of the molecule is CC(C)(C)NC(=O)N[C@H]1CCC[C@H](NC(=O)NC(C)(C)C)C1. The van der Waals surface area contributed by atoms with Gasteiger partial charge in [-0.2, -0.15) is 0 Å². The molecule has 1 fully saturated rings. The highest BCUT2D eigenvalue weighted by Crippen LogP contribution is 2.19. The van der Waals surface area contributed by atoms with Gasteiger partial charge in [0.25, 0.3) is 0 Å². The van der Waals surface area contributed by atoms with Gasteiger partial charge in [-0.3, -0.25) is 0 Å². The molecule has 4 amide bonds. The Morgan fingerprint density at radius 1 is 0.773 bits per heavy atom. The highest BCUT2D eigenvalue weighted by Gasteiger charge is 2.26. The van der Waals surface area contributed by atoms with Crippen LogP contribution in [0, 0.1) is 0 Å². The molecule has 0 radical (unpaired) electrons. The zero-order valence-electron chi connectivity index (χ0n) is 14.8. The van der Waals surface area contributed by atoms with Crippen molar-refractivity contribution in [1.82, 2.24) is 21.3 Å². The molecule has 2 atom stereocenters. The molecule has 0 aromatic rings. The standard InChI is InChI=1S/C16H32N4O2/c1-15(2,3)19-13(21)17-11-8-7-9-12(10-11)18-14(22)20-16(4,5)6/h11-12H,7-10H2,1-6H3,(H2,17,19,21)(H2,18,20,22)/t11-,12-/m0/s1. The molecule has 1 aliphatic rings. The lowest BCUT2D eigenvalue weighted by Crippen LogP contribution is -2.54. The monoisotopic (exact) mass is 312 g/mol. The molecule has 4 N–H and O–H groups in total. The van der Waals surface area contributed by atoms with Gasteiger partial charge < -0.3 is 21.3 Å².